The number of aromatic nitrogens is 2. The molecule has 0 saturated heterocycles. The lowest BCUT2D eigenvalue weighted by molar-refractivity contribution is 0.599. The van der Waals surface area contributed by atoms with Crippen LogP contribution in [0.2, 0.25) is 0 Å². The van der Waals surface area contributed by atoms with Gasteiger partial charge in [0.05, 0.1) is 6.54 Å². The van der Waals surface area contributed by atoms with Crippen LogP contribution in [-0.2, 0) is 13.1 Å². The van der Waals surface area contributed by atoms with E-state index in [9.17, 15) is 9.59 Å². The summed E-state index contributed by atoms with van der Waals surface area (Å²) in [7, 11) is 0. The minimum Gasteiger partial charge on any atom is -0.398 e. The molecule has 1 aromatic carbocycles. The van der Waals surface area contributed by atoms with Crippen molar-refractivity contribution in [2.45, 2.75) is 20.0 Å². The summed E-state index contributed by atoms with van der Waals surface area (Å²) in [5.41, 5.74) is 6.54. The molecule has 0 amide bonds. The van der Waals surface area contributed by atoms with Gasteiger partial charge in [0.15, 0.2) is 0 Å². The van der Waals surface area contributed by atoms with Gasteiger partial charge in [0.25, 0.3) is 5.56 Å². The lowest BCUT2D eigenvalue weighted by Crippen LogP contribution is -2.39. The number of anilines is 1. The van der Waals surface area contributed by atoms with Crippen molar-refractivity contribution in [3.8, 4) is 0 Å². The molecule has 0 aliphatic heterocycles. The zero-order chi connectivity index (χ0) is 14.0. The topological polar surface area (TPSA) is 70.0 Å². The van der Waals surface area contributed by atoms with Crippen molar-refractivity contribution in [1.29, 1.82) is 0 Å². The summed E-state index contributed by atoms with van der Waals surface area (Å²) in [6.45, 7) is 2.58. The molecule has 1 aromatic heterocycles. The highest BCUT2D eigenvalue weighted by molar-refractivity contribution is 9.10. The lowest BCUT2D eigenvalue weighted by atomic mass is 10.2. The van der Waals surface area contributed by atoms with E-state index in [1.165, 1.54) is 21.4 Å². The summed E-state index contributed by atoms with van der Waals surface area (Å²) in [5, 5.41) is 0. The quantitative estimate of drug-likeness (QED) is 0.868. The molecule has 0 radical (unpaired) electrons. The molecule has 6 heteroatoms. The number of halogens is 1. The van der Waals surface area contributed by atoms with Gasteiger partial charge in [0.2, 0.25) is 0 Å². The van der Waals surface area contributed by atoms with E-state index in [1.54, 1.807) is 12.1 Å². The monoisotopic (exact) mass is 323 g/mol. The Morgan fingerprint density at radius 3 is 2.68 bits per heavy atom. The molecule has 0 aliphatic carbocycles. The van der Waals surface area contributed by atoms with Crippen molar-refractivity contribution < 1.29 is 0 Å². The average Bonchev–Trinajstić information content (AvgIpc) is 2.39. The van der Waals surface area contributed by atoms with Crippen molar-refractivity contribution in [3.05, 3.63) is 61.3 Å². The van der Waals surface area contributed by atoms with Crippen molar-refractivity contribution >= 4 is 21.6 Å². The summed E-state index contributed by atoms with van der Waals surface area (Å²) in [6.07, 6.45) is 1.51. The Bertz CT molecular complexity index is 719. The smallest absolute Gasteiger partial charge is 0.331 e. The normalized spacial score (nSPS) is 10.6. The van der Waals surface area contributed by atoms with Gasteiger partial charge in [-0.3, -0.25) is 9.36 Å². The summed E-state index contributed by atoms with van der Waals surface area (Å²) >= 11 is 3.37. The summed E-state index contributed by atoms with van der Waals surface area (Å²) in [6, 6.07) is 6.77. The molecule has 0 unspecified atom stereocenters. The van der Waals surface area contributed by atoms with Gasteiger partial charge in [-0.2, -0.15) is 0 Å². The standard InChI is InChI=1S/C13H14BrN3O2/c1-2-16-7-6-11(18)17(13(16)19)8-9-4-3-5-10(15)12(9)14/h3-7H,2,8,15H2,1H3. The zero-order valence-electron chi connectivity index (χ0n) is 10.5. The van der Waals surface area contributed by atoms with E-state index in [0.29, 0.717) is 16.7 Å². The first-order valence-corrected chi connectivity index (χ1v) is 6.67. The van der Waals surface area contributed by atoms with Crippen molar-refractivity contribution in [1.82, 2.24) is 9.13 Å². The van der Waals surface area contributed by atoms with Gasteiger partial charge < -0.3 is 10.3 Å². The predicted molar refractivity (Wildman–Crippen MR) is 78.3 cm³/mol. The molecular formula is C13H14BrN3O2. The minimum atomic E-state index is -0.316. The van der Waals surface area contributed by atoms with Crippen LogP contribution in [0.15, 0.2) is 44.5 Å². The van der Waals surface area contributed by atoms with Crippen molar-refractivity contribution in [2.75, 3.05) is 5.73 Å². The van der Waals surface area contributed by atoms with Crippen LogP contribution in [0.25, 0.3) is 0 Å². The van der Waals surface area contributed by atoms with Gasteiger partial charge in [-0.1, -0.05) is 12.1 Å². The molecule has 0 saturated carbocycles. The maximum atomic E-state index is 12.1. The van der Waals surface area contributed by atoms with Crippen LogP contribution in [0.3, 0.4) is 0 Å². The molecule has 0 fully saturated rings. The molecule has 2 aromatic rings. The van der Waals surface area contributed by atoms with E-state index in [4.69, 9.17) is 5.73 Å². The third kappa shape index (κ3) is 2.63. The number of nitrogen functional groups attached to an aromatic ring is 1. The molecular weight excluding hydrogens is 310 g/mol. The number of rotatable bonds is 3. The Morgan fingerprint density at radius 1 is 1.26 bits per heavy atom. The van der Waals surface area contributed by atoms with Gasteiger partial charge >= 0.3 is 5.69 Å². The number of aryl methyl sites for hydroxylation is 1. The van der Waals surface area contributed by atoms with Crippen LogP contribution in [0.5, 0.6) is 0 Å². The van der Waals surface area contributed by atoms with Crippen molar-refractivity contribution in [2.24, 2.45) is 0 Å². The highest BCUT2D eigenvalue weighted by Crippen LogP contribution is 2.23. The van der Waals surface area contributed by atoms with Crippen LogP contribution in [0, 0.1) is 0 Å². The Hall–Kier alpha value is -1.82. The predicted octanol–water partition coefficient (Wildman–Crippen LogP) is 1.42. The summed E-state index contributed by atoms with van der Waals surface area (Å²) in [4.78, 5) is 23.9. The van der Waals surface area contributed by atoms with E-state index < -0.39 is 0 Å². The third-order valence-electron chi connectivity index (χ3n) is 2.92. The van der Waals surface area contributed by atoms with E-state index in [1.807, 2.05) is 13.0 Å². The molecule has 2 rings (SSSR count). The van der Waals surface area contributed by atoms with Gasteiger partial charge in [-0.15, -0.1) is 0 Å². The molecule has 100 valence electrons. The first kappa shape index (κ1) is 13.6. The number of benzene rings is 1. The van der Waals surface area contributed by atoms with Gasteiger partial charge in [-0.05, 0) is 34.5 Å². The van der Waals surface area contributed by atoms with Gasteiger partial charge in [-0.25, -0.2) is 4.79 Å². The number of nitrogens with two attached hydrogens (primary N) is 1. The van der Waals surface area contributed by atoms with Gasteiger partial charge in [0, 0.05) is 29.0 Å². The van der Waals surface area contributed by atoms with Crippen LogP contribution in [0.4, 0.5) is 5.69 Å². The highest BCUT2D eigenvalue weighted by atomic mass is 79.9. The minimum absolute atomic E-state index is 0.199. The SMILES string of the molecule is CCn1ccc(=O)n(Cc2cccc(N)c2Br)c1=O. The Labute approximate surface area is 118 Å². The average molecular weight is 324 g/mol. The second-order valence-corrected chi connectivity index (χ2v) is 4.92. The van der Waals surface area contributed by atoms with Crippen LogP contribution < -0.4 is 17.0 Å². The first-order valence-electron chi connectivity index (χ1n) is 5.87. The number of hydrogen-bond donors (Lipinski definition) is 1. The molecule has 1 heterocycles. The molecule has 0 spiro atoms. The Balaban J connectivity index is 2.53. The Morgan fingerprint density at radius 2 is 2.00 bits per heavy atom. The fraction of sp³-hybridized carbons (Fsp3) is 0.231. The largest absolute Gasteiger partial charge is 0.398 e. The fourth-order valence-electron chi connectivity index (χ4n) is 1.84. The van der Waals surface area contributed by atoms with Crippen LogP contribution >= 0.6 is 15.9 Å². The molecule has 19 heavy (non-hydrogen) atoms. The highest BCUT2D eigenvalue weighted by Gasteiger charge is 2.08. The van der Waals surface area contributed by atoms with Crippen LogP contribution in [-0.4, -0.2) is 9.13 Å². The van der Waals surface area contributed by atoms with Gasteiger partial charge in [0.1, 0.15) is 0 Å². The number of hydrogen-bond acceptors (Lipinski definition) is 3. The first-order chi connectivity index (χ1) is 9.04. The molecule has 0 aliphatic rings. The van der Waals surface area contributed by atoms with Crippen molar-refractivity contribution in [3.63, 3.8) is 0 Å². The second kappa shape index (κ2) is 5.44. The van der Waals surface area contributed by atoms with Crippen LogP contribution in [0.1, 0.15) is 12.5 Å². The molecule has 0 bridgehead atoms. The molecule has 5 nitrogen and oxygen atoms in total. The maximum Gasteiger partial charge on any atom is 0.331 e. The molecule has 2 N–H and O–H groups in total. The summed E-state index contributed by atoms with van der Waals surface area (Å²) < 4.78 is 3.40. The second-order valence-electron chi connectivity index (χ2n) is 4.13. The van der Waals surface area contributed by atoms with E-state index >= 15 is 0 Å². The van der Waals surface area contributed by atoms with E-state index in [0.717, 1.165) is 5.56 Å². The van der Waals surface area contributed by atoms with E-state index in [2.05, 4.69) is 15.9 Å². The number of nitrogens with zero attached hydrogens (tertiary/aromatic N) is 2. The zero-order valence-corrected chi connectivity index (χ0v) is 12.1. The lowest BCUT2D eigenvalue weighted by Gasteiger charge is -2.10. The molecule has 0 atom stereocenters. The maximum absolute atomic E-state index is 12.1. The third-order valence-corrected chi connectivity index (χ3v) is 3.88. The summed E-state index contributed by atoms with van der Waals surface area (Å²) in [5.74, 6) is 0. The fourth-order valence-corrected chi connectivity index (χ4v) is 2.22. The van der Waals surface area contributed by atoms with E-state index in [-0.39, 0.29) is 17.8 Å². The Kier molecular flexibility index (Phi) is 3.90.